The van der Waals surface area contributed by atoms with Crippen molar-refractivity contribution in [2.75, 3.05) is 38.2 Å². The molecule has 6 heteroatoms. The van der Waals surface area contributed by atoms with E-state index < -0.39 is 0 Å². The Morgan fingerprint density at radius 2 is 2.27 bits per heavy atom. The minimum absolute atomic E-state index is 0.547. The number of aromatic nitrogens is 1. The molecule has 0 radical (unpaired) electrons. The normalized spacial score (nSPS) is 16.5. The molecule has 2 rings (SSSR count). The second kappa shape index (κ2) is 4.59. The maximum absolute atomic E-state index is 10.9. The first-order chi connectivity index (χ1) is 7.35. The van der Waals surface area contributed by atoms with Crippen LogP contribution in [-0.4, -0.2) is 44.6 Å². The summed E-state index contributed by atoms with van der Waals surface area (Å²) < 4.78 is 5.03. The van der Waals surface area contributed by atoms with Crippen molar-refractivity contribution in [1.29, 1.82) is 0 Å². The number of nitrogens with zero attached hydrogens (tertiary/aromatic N) is 2. The molecule has 1 aromatic heterocycles. The van der Waals surface area contributed by atoms with Gasteiger partial charge in [-0.3, -0.25) is 4.79 Å². The molecule has 1 aliphatic heterocycles. The summed E-state index contributed by atoms with van der Waals surface area (Å²) in [6.07, 6.45) is 0.845. The van der Waals surface area contributed by atoms with Gasteiger partial charge in [-0.1, -0.05) is 11.3 Å². The first kappa shape index (κ1) is 10.4. The number of rotatable bonds is 3. The zero-order valence-corrected chi connectivity index (χ0v) is 9.34. The summed E-state index contributed by atoms with van der Waals surface area (Å²) in [6, 6.07) is 0. The molecule has 1 N–H and O–H groups in total. The molecule has 0 spiro atoms. The van der Waals surface area contributed by atoms with Crippen LogP contribution in [0.3, 0.4) is 0 Å². The predicted octanol–water partition coefficient (Wildman–Crippen LogP) is 0.374. The fourth-order valence-corrected chi connectivity index (χ4v) is 2.29. The SMILES string of the molecule is COc1nc(N2CCNCC2)c(C=O)s1. The maximum Gasteiger partial charge on any atom is 0.275 e. The number of piperazine rings is 1. The van der Waals surface area contributed by atoms with Gasteiger partial charge in [0.25, 0.3) is 5.19 Å². The smallest absolute Gasteiger partial charge is 0.275 e. The van der Waals surface area contributed by atoms with Crippen LogP contribution in [-0.2, 0) is 0 Å². The molecule has 82 valence electrons. The van der Waals surface area contributed by atoms with Crippen LogP contribution in [0.25, 0.3) is 0 Å². The van der Waals surface area contributed by atoms with Gasteiger partial charge < -0.3 is 15.0 Å². The van der Waals surface area contributed by atoms with Gasteiger partial charge in [0.05, 0.1) is 7.11 Å². The van der Waals surface area contributed by atoms with Crippen LogP contribution < -0.4 is 15.0 Å². The molecule has 15 heavy (non-hydrogen) atoms. The molecule has 0 aromatic carbocycles. The van der Waals surface area contributed by atoms with Gasteiger partial charge in [-0.25, -0.2) is 0 Å². The molecule has 2 heterocycles. The van der Waals surface area contributed by atoms with Gasteiger partial charge in [0.15, 0.2) is 12.1 Å². The monoisotopic (exact) mass is 227 g/mol. The molecule has 0 saturated carbocycles. The second-order valence-corrected chi connectivity index (χ2v) is 4.22. The summed E-state index contributed by atoms with van der Waals surface area (Å²) in [5.74, 6) is 0.758. The summed E-state index contributed by atoms with van der Waals surface area (Å²) >= 11 is 1.29. The van der Waals surface area contributed by atoms with E-state index in [0.29, 0.717) is 10.1 Å². The number of ether oxygens (including phenoxy) is 1. The Kier molecular flexibility index (Phi) is 3.17. The highest BCUT2D eigenvalue weighted by Gasteiger charge is 2.19. The molecule has 0 aliphatic carbocycles. The fourth-order valence-electron chi connectivity index (χ4n) is 1.57. The van der Waals surface area contributed by atoms with Gasteiger partial charge in [-0.2, -0.15) is 4.98 Å². The van der Waals surface area contributed by atoms with Crippen LogP contribution in [0.1, 0.15) is 9.67 Å². The summed E-state index contributed by atoms with van der Waals surface area (Å²) in [5.41, 5.74) is 0. The van der Waals surface area contributed by atoms with Crippen molar-refractivity contribution in [1.82, 2.24) is 10.3 Å². The number of carbonyl (C=O) groups is 1. The van der Waals surface area contributed by atoms with Crippen molar-refractivity contribution in [2.24, 2.45) is 0 Å². The molecule has 0 unspecified atom stereocenters. The van der Waals surface area contributed by atoms with E-state index in [1.54, 1.807) is 7.11 Å². The van der Waals surface area contributed by atoms with Gasteiger partial charge in [-0.05, 0) is 0 Å². The van der Waals surface area contributed by atoms with Crippen molar-refractivity contribution in [2.45, 2.75) is 0 Å². The van der Waals surface area contributed by atoms with Crippen LogP contribution in [0.5, 0.6) is 5.19 Å². The van der Waals surface area contributed by atoms with E-state index in [4.69, 9.17) is 4.74 Å². The summed E-state index contributed by atoms with van der Waals surface area (Å²) in [7, 11) is 1.56. The highest BCUT2D eigenvalue weighted by Crippen LogP contribution is 2.29. The van der Waals surface area contributed by atoms with Crippen molar-refractivity contribution >= 4 is 23.4 Å². The van der Waals surface area contributed by atoms with Crippen LogP contribution in [0.2, 0.25) is 0 Å². The Morgan fingerprint density at radius 1 is 1.53 bits per heavy atom. The van der Waals surface area contributed by atoms with Crippen molar-refractivity contribution in [3.8, 4) is 5.19 Å². The van der Waals surface area contributed by atoms with Crippen molar-refractivity contribution in [3.63, 3.8) is 0 Å². The zero-order chi connectivity index (χ0) is 10.7. The van der Waals surface area contributed by atoms with E-state index in [0.717, 1.165) is 38.3 Å². The van der Waals surface area contributed by atoms with Crippen LogP contribution in [0.4, 0.5) is 5.82 Å². The number of hydrogen-bond acceptors (Lipinski definition) is 6. The lowest BCUT2D eigenvalue weighted by atomic mass is 10.3. The minimum Gasteiger partial charge on any atom is -0.473 e. The lowest BCUT2D eigenvalue weighted by molar-refractivity contribution is 0.112. The van der Waals surface area contributed by atoms with Crippen LogP contribution >= 0.6 is 11.3 Å². The van der Waals surface area contributed by atoms with Gasteiger partial charge >= 0.3 is 0 Å². The molecule has 0 atom stereocenters. The first-order valence-electron chi connectivity index (χ1n) is 4.81. The Hall–Kier alpha value is -1.14. The lowest BCUT2D eigenvalue weighted by Gasteiger charge is -2.27. The predicted molar refractivity (Wildman–Crippen MR) is 59.1 cm³/mol. The van der Waals surface area contributed by atoms with E-state index in [2.05, 4.69) is 15.2 Å². The highest BCUT2D eigenvalue weighted by molar-refractivity contribution is 7.15. The third-order valence-corrected chi connectivity index (χ3v) is 3.24. The summed E-state index contributed by atoms with van der Waals surface area (Å²) in [5, 5.41) is 3.80. The van der Waals surface area contributed by atoms with E-state index in [1.807, 2.05) is 0 Å². The topological polar surface area (TPSA) is 54.5 Å². The average Bonchev–Trinajstić information content (AvgIpc) is 2.73. The van der Waals surface area contributed by atoms with E-state index in [9.17, 15) is 4.79 Å². The number of hydrogen-bond donors (Lipinski definition) is 1. The Morgan fingerprint density at radius 3 is 2.87 bits per heavy atom. The zero-order valence-electron chi connectivity index (χ0n) is 8.52. The van der Waals surface area contributed by atoms with Crippen molar-refractivity contribution in [3.05, 3.63) is 4.88 Å². The number of methoxy groups -OCH3 is 1. The third kappa shape index (κ3) is 2.10. The molecule has 5 nitrogen and oxygen atoms in total. The van der Waals surface area contributed by atoms with E-state index in [1.165, 1.54) is 11.3 Å². The molecular weight excluding hydrogens is 214 g/mol. The van der Waals surface area contributed by atoms with Gasteiger partial charge in [0.2, 0.25) is 0 Å². The van der Waals surface area contributed by atoms with Crippen LogP contribution in [0.15, 0.2) is 0 Å². The number of anilines is 1. The standard InChI is InChI=1S/C9H13N3O2S/c1-14-9-11-8(7(6-13)15-9)12-4-2-10-3-5-12/h6,10H,2-5H2,1H3. The largest absolute Gasteiger partial charge is 0.473 e. The summed E-state index contributed by atoms with van der Waals surface area (Å²) in [6.45, 7) is 3.62. The fraction of sp³-hybridized carbons (Fsp3) is 0.556. The summed E-state index contributed by atoms with van der Waals surface area (Å²) in [4.78, 5) is 17.9. The highest BCUT2D eigenvalue weighted by atomic mass is 32.1. The number of thiazole rings is 1. The van der Waals surface area contributed by atoms with Crippen molar-refractivity contribution < 1.29 is 9.53 Å². The number of carbonyl (C=O) groups excluding carboxylic acids is 1. The number of nitrogens with one attached hydrogen (secondary N) is 1. The lowest BCUT2D eigenvalue weighted by Crippen LogP contribution is -2.44. The Bertz CT molecular complexity index is 347. The van der Waals surface area contributed by atoms with Crippen LogP contribution in [0, 0.1) is 0 Å². The van der Waals surface area contributed by atoms with E-state index >= 15 is 0 Å². The Labute approximate surface area is 92.1 Å². The molecule has 0 bridgehead atoms. The molecule has 1 aromatic rings. The second-order valence-electron chi connectivity index (χ2n) is 3.23. The van der Waals surface area contributed by atoms with Gasteiger partial charge in [0.1, 0.15) is 4.88 Å². The molecule has 1 aliphatic rings. The third-order valence-electron chi connectivity index (χ3n) is 2.31. The maximum atomic E-state index is 10.9. The van der Waals surface area contributed by atoms with E-state index in [-0.39, 0.29) is 0 Å². The average molecular weight is 227 g/mol. The minimum atomic E-state index is 0.547. The number of aldehydes is 1. The first-order valence-corrected chi connectivity index (χ1v) is 5.62. The molecular formula is C9H13N3O2S. The molecule has 0 amide bonds. The van der Waals surface area contributed by atoms with Gasteiger partial charge in [-0.15, -0.1) is 0 Å². The Balaban J connectivity index is 2.24. The molecule has 1 fully saturated rings. The van der Waals surface area contributed by atoms with Gasteiger partial charge in [0, 0.05) is 26.2 Å². The quantitative estimate of drug-likeness (QED) is 0.756. The molecule has 1 saturated heterocycles.